The van der Waals surface area contributed by atoms with Crippen LogP contribution < -0.4 is 0 Å². The van der Waals surface area contributed by atoms with Crippen LogP contribution in [0.4, 0.5) is 0 Å². The summed E-state index contributed by atoms with van der Waals surface area (Å²) < 4.78 is 5.58. The molecule has 0 amide bonds. The second-order valence-corrected chi connectivity index (χ2v) is 8.39. The second-order valence-electron chi connectivity index (χ2n) is 7.29. The van der Waals surface area contributed by atoms with Crippen LogP contribution in [0.5, 0.6) is 0 Å². The number of ether oxygens (including phenoxy) is 1. The number of aliphatic hydroxyl groups is 1. The molecule has 0 rings (SSSR count). The summed E-state index contributed by atoms with van der Waals surface area (Å²) in [7, 11) is 0. The zero-order chi connectivity index (χ0) is 16.0. The molecule has 1 N–H and O–H groups in total. The fourth-order valence-corrected chi connectivity index (χ4v) is 2.27. The average Bonchev–Trinajstić information content (AvgIpc) is 2.24. The maximum absolute atomic E-state index is 12.0. The van der Waals surface area contributed by atoms with E-state index in [0.29, 0.717) is 18.8 Å². The Hall–Kier alpha value is -0.0900. The van der Waals surface area contributed by atoms with E-state index in [0.717, 1.165) is 19.3 Å². The molecule has 0 aromatic rings. The predicted octanol–water partition coefficient (Wildman–Crippen LogP) is 4.45. The Bertz CT molecular complexity index is 293. The van der Waals surface area contributed by atoms with Crippen LogP contribution >= 0.6 is 15.9 Å². The van der Waals surface area contributed by atoms with E-state index < -0.39 is 11.2 Å². The molecule has 1 unspecified atom stereocenters. The number of esters is 1. The lowest BCUT2D eigenvalue weighted by Crippen LogP contribution is -2.32. The van der Waals surface area contributed by atoms with Crippen LogP contribution in [0.2, 0.25) is 0 Å². The topological polar surface area (TPSA) is 46.5 Å². The Kier molecular flexibility index (Phi) is 8.34. The van der Waals surface area contributed by atoms with E-state index in [1.165, 1.54) is 0 Å². The Balaban J connectivity index is 4.11. The molecule has 0 aromatic heterocycles. The normalized spacial score (nSPS) is 14.4. The molecule has 0 aliphatic rings. The molecule has 0 saturated carbocycles. The summed E-state index contributed by atoms with van der Waals surface area (Å²) in [4.78, 5) is 11.7. The summed E-state index contributed by atoms with van der Waals surface area (Å²) in [6.07, 6.45) is 4.08. The maximum atomic E-state index is 12.0. The lowest BCUT2D eigenvalue weighted by Gasteiger charge is -2.27. The molecule has 120 valence electrons. The van der Waals surface area contributed by atoms with Gasteiger partial charge in [0.2, 0.25) is 0 Å². The van der Waals surface area contributed by atoms with Gasteiger partial charge in [-0.2, -0.15) is 0 Å². The first kappa shape index (κ1) is 19.9. The monoisotopic (exact) mass is 350 g/mol. The minimum Gasteiger partial charge on any atom is -0.459 e. The average molecular weight is 351 g/mol. The van der Waals surface area contributed by atoms with E-state index in [9.17, 15) is 9.90 Å². The summed E-state index contributed by atoms with van der Waals surface area (Å²) in [5, 5.41) is 9.65. The smallest absolute Gasteiger partial charge is 0.320 e. The Morgan fingerprint density at radius 1 is 1.15 bits per heavy atom. The summed E-state index contributed by atoms with van der Waals surface area (Å²) in [5.74, 6) is 0.411. The second kappa shape index (κ2) is 8.38. The van der Waals surface area contributed by atoms with Crippen molar-refractivity contribution in [2.24, 2.45) is 5.92 Å². The number of alkyl halides is 1. The molecule has 0 heterocycles. The zero-order valence-corrected chi connectivity index (χ0v) is 15.4. The summed E-state index contributed by atoms with van der Waals surface area (Å²) in [6, 6.07) is 0. The van der Waals surface area contributed by atoms with Gasteiger partial charge in [0.1, 0.15) is 10.4 Å². The molecule has 0 radical (unpaired) electrons. The molecular weight excluding hydrogens is 320 g/mol. The number of halogens is 1. The SMILES string of the molecule is CC(C)CCC(C)(C)OC(=O)C(Br)CCCC(C)(C)O. The highest BCUT2D eigenvalue weighted by molar-refractivity contribution is 9.10. The van der Waals surface area contributed by atoms with E-state index in [1.807, 2.05) is 13.8 Å². The van der Waals surface area contributed by atoms with Crippen LogP contribution in [-0.4, -0.2) is 27.1 Å². The van der Waals surface area contributed by atoms with Gasteiger partial charge in [0, 0.05) is 0 Å². The molecular formula is C16H31BrO3. The van der Waals surface area contributed by atoms with Crippen molar-refractivity contribution >= 4 is 21.9 Å². The van der Waals surface area contributed by atoms with Gasteiger partial charge in [-0.05, 0) is 65.7 Å². The van der Waals surface area contributed by atoms with Crippen LogP contribution in [0, 0.1) is 5.92 Å². The third kappa shape index (κ3) is 10.7. The lowest BCUT2D eigenvalue weighted by molar-refractivity contribution is -0.156. The van der Waals surface area contributed by atoms with Crippen molar-refractivity contribution in [2.45, 2.75) is 89.7 Å². The molecule has 0 aromatic carbocycles. The van der Waals surface area contributed by atoms with E-state index in [2.05, 4.69) is 29.8 Å². The standard InChI is InChI=1S/C16H31BrO3/c1-12(2)9-11-16(5,6)20-14(18)13(17)8-7-10-15(3,4)19/h12-13,19H,7-11H2,1-6H3. The van der Waals surface area contributed by atoms with Crippen molar-refractivity contribution in [1.29, 1.82) is 0 Å². The third-order valence-corrected chi connectivity index (χ3v) is 4.03. The highest BCUT2D eigenvalue weighted by Crippen LogP contribution is 2.24. The number of hydrogen-bond donors (Lipinski definition) is 1. The quantitative estimate of drug-likeness (QED) is 0.493. The molecule has 1 atom stereocenters. The number of rotatable bonds is 9. The van der Waals surface area contributed by atoms with Crippen molar-refractivity contribution in [3.8, 4) is 0 Å². The van der Waals surface area contributed by atoms with Gasteiger partial charge < -0.3 is 9.84 Å². The molecule has 0 aliphatic heterocycles. The molecule has 0 fully saturated rings. The Morgan fingerprint density at radius 2 is 1.70 bits per heavy atom. The first-order valence-corrected chi connectivity index (χ1v) is 8.44. The molecule has 0 bridgehead atoms. The highest BCUT2D eigenvalue weighted by Gasteiger charge is 2.27. The highest BCUT2D eigenvalue weighted by atomic mass is 79.9. The number of carbonyl (C=O) groups is 1. The summed E-state index contributed by atoms with van der Waals surface area (Å²) in [5.41, 5.74) is -1.09. The van der Waals surface area contributed by atoms with Crippen LogP contribution in [-0.2, 0) is 9.53 Å². The van der Waals surface area contributed by atoms with Crippen molar-refractivity contribution in [3.05, 3.63) is 0 Å². The van der Waals surface area contributed by atoms with Crippen molar-refractivity contribution in [3.63, 3.8) is 0 Å². The largest absolute Gasteiger partial charge is 0.459 e. The van der Waals surface area contributed by atoms with Crippen molar-refractivity contribution in [2.75, 3.05) is 0 Å². The first-order valence-electron chi connectivity index (χ1n) is 7.52. The third-order valence-electron chi connectivity index (χ3n) is 3.20. The molecule has 20 heavy (non-hydrogen) atoms. The van der Waals surface area contributed by atoms with Gasteiger partial charge >= 0.3 is 5.97 Å². The van der Waals surface area contributed by atoms with E-state index >= 15 is 0 Å². The van der Waals surface area contributed by atoms with Crippen molar-refractivity contribution < 1.29 is 14.6 Å². The van der Waals surface area contributed by atoms with E-state index in [1.54, 1.807) is 13.8 Å². The van der Waals surface area contributed by atoms with Gasteiger partial charge in [0.25, 0.3) is 0 Å². The van der Waals surface area contributed by atoms with Gasteiger partial charge in [-0.3, -0.25) is 4.79 Å². The Morgan fingerprint density at radius 3 is 2.15 bits per heavy atom. The van der Waals surface area contributed by atoms with Gasteiger partial charge in [0.15, 0.2) is 0 Å². The summed E-state index contributed by atoms with van der Waals surface area (Å²) >= 11 is 3.39. The van der Waals surface area contributed by atoms with Gasteiger partial charge in [-0.25, -0.2) is 0 Å². The fraction of sp³-hybridized carbons (Fsp3) is 0.938. The van der Waals surface area contributed by atoms with Crippen LogP contribution in [0.15, 0.2) is 0 Å². The Labute approximate surface area is 132 Å². The fourth-order valence-electron chi connectivity index (χ4n) is 1.86. The molecule has 0 aliphatic carbocycles. The molecule has 0 saturated heterocycles. The van der Waals surface area contributed by atoms with Gasteiger partial charge in [-0.15, -0.1) is 0 Å². The minimum atomic E-state index is -0.673. The van der Waals surface area contributed by atoms with Gasteiger partial charge in [-0.1, -0.05) is 29.8 Å². The minimum absolute atomic E-state index is 0.200. The lowest BCUT2D eigenvalue weighted by atomic mass is 9.97. The summed E-state index contributed by atoms with van der Waals surface area (Å²) in [6.45, 7) is 11.8. The molecule has 3 nitrogen and oxygen atoms in total. The maximum Gasteiger partial charge on any atom is 0.320 e. The number of carbonyl (C=O) groups excluding carboxylic acids is 1. The zero-order valence-electron chi connectivity index (χ0n) is 13.8. The van der Waals surface area contributed by atoms with Crippen LogP contribution in [0.1, 0.15) is 73.6 Å². The molecule has 0 spiro atoms. The molecule has 4 heteroatoms. The van der Waals surface area contributed by atoms with Gasteiger partial charge in [0.05, 0.1) is 5.60 Å². The predicted molar refractivity (Wildman–Crippen MR) is 87.1 cm³/mol. The number of hydrogen-bond acceptors (Lipinski definition) is 3. The van der Waals surface area contributed by atoms with Crippen molar-refractivity contribution in [1.82, 2.24) is 0 Å². The van der Waals surface area contributed by atoms with Crippen LogP contribution in [0.25, 0.3) is 0 Å². The van der Waals surface area contributed by atoms with E-state index in [-0.39, 0.29) is 10.8 Å². The van der Waals surface area contributed by atoms with E-state index in [4.69, 9.17) is 4.74 Å². The van der Waals surface area contributed by atoms with Crippen LogP contribution in [0.3, 0.4) is 0 Å². The first-order chi connectivity index (χ1) is 8.93.